The van der Waals surface area contributed by atoms with Gasteiger partial charge in [-0.05, 0) is 31.9 Å². The molecule has 4 amide bonds. The Hall–Kier alpha value is -2.44. The Morgan fingerprint density at radius 2 is 2.00 bits per heavy atom. The molecule has 1 aliphatic heterocycles. The van der Waals surface area contributed by atoms with Crippen LogP contribution in [0.3, 0.4) is 0 Å². The standard InChI is InChI=1S/C18H24N4O3/c1-13(14-8-4-7-11-19-14)20-15(23)12-22-16(24)18(21(2)17(22)25)9-5-3-6-10-18/h4,7-8,11,13H,3,5-6,9-10,12H2,1-2H3,(H,20,23). The Morgan fingerprint density at radius 1 is 1.28 bits per heavy atom. The third kappa shape index (κ3) is 3.10. The number of pyridine rings is 1. The Morgan fingerprint density at radius 3 is 2.64 bits per heavy atom. The minimum absolute atomic E-state index is 0.236. The second-order valence-electron chi connectivity index (χ2n) is 6.87. The third-order valence-electron chi connectivity index (χ3n) is 5.29. The van der Waals surface area contributed by atoms with Crippen LogP contribution in [0.2, 0.25) is 0 Å². The van der Waals surface area contributed by atoms with Gasteiger partial charge in [-0.25, -0.2) is 4.79 Å². The SMILES string of the molecule is CC(NC(=O)CN1C(=O)N(C)C2(CCCCC2)C1=O)c1ccccn1. The number of amides is 4. The molecule has 0 bridgehead atoms. The molecule has 1 unspecified atom stereocenters. The quantitative estimate of drug-likeness (QED) is 0.845. The number of nitrogens with zero attached hydrogens (tertiary/aromatic N) is 3. The third-order valence-corrected chi connectivity index (χ3v) is 5.29. The molecule has 0 radical (unpaired) electrons. The second kappa shape index (κ2) is 6.82. The van der Waals surface area contributed by atoms with E-state index in [0.29, 0.717) is 12.8 Å². The number of hydrogen-bond donors (Lipinski definition) is 1. The lowest BCUT2D eigenvalue weighted by molar-refractivity contribution is -0.137. The number of carbonyl (C=O) groups excluding carboxylic acids is 3. The summed E-state index contributed by atoms with van der Waals surface area (Å²) in [5.74, 6) is -0.596. The van der Waals surface area contributed by atoms with Crippen LogP contribution >= 0.6 is 0 Å². The van der Waals surface area contributed by atoms with E-state index in [2.05, 4.69) is 10.3 Å². The summed E-state index contributed by atoms with van der Waals surface area (Å²) in [7, 11) is 1.67. The number of nitrogens with one attached hydrogen (secondary N) is 1. The van der Waals surface area contributed by atoms with Gasteiger partial charge in [-0.2, -0.15) is 0 Å². The van der Waals surface area contributed by atoms with Crippen LogP contribution in [-0.4, -0.2) is 51.8 Å². The highest BCUT2D eigenvalue weighted by Gasteiger charge is 2.55. The first-order valence-electron chi connectivity index (χ1n) is 8.76. The summed E-state index contributed by atoms with van der Waals surface area (Å²) in [6.07, 6.45) is 5.96. The van der Waals surface area contributed by atoms with Gasteiger partial charge in [-0.15, -0.1) is 0 Å². The normalized spacial score (nSPS) is 20.9. The first kappa shape index (κ1) is 17.4. The molecule has 1 N–H and O–H groups in total. The summed E-state index contributed by atoms with van der Waals surface area (Å²) in [6.45, 7) is 1.57. The van der Waals surface area contributed by atoms with E-state index in [0.717, 1.165) is 29.9 Å². The van der Waals surface area contributed by atoms with E-state index < -0.39 is 5.54 Å². The maximum absolute atomic E-state index is 12.9. The summed E-state index contributed by atoms with van der Waals surface area (Å²) in [5, 5.41) is 2.80. The molecular formula is C18H24N4O3. The fraction of sp³-hybridized carbons (Fsp3) is 0.556. The van der Waals surface area contributed by atoms with Gasteiger partial charge in [-0.3, -0.25) is 19.5 Å². The molecule has 1 saturated carbocycles. The highest BCUT2D eigenvalue weighted by Crippen LogP contribution is 2.39. The van der Waals surface area contributed by atoms with E-state index in [4.69, 9.17) is 0 Å². The molecule has 134 valence electrons. The maximum Gasteiger partial charge on any atom is 0.327 e. The number of carbonyl (C=O) groups is 3. The minimum Gasteiger partial charge on any atom is -0.346 e. The average Bonchev–Trinajstić information content (AvgIpc) is 2.79. The van der Waals surface area contributed by atoms with Crippen molar-refractivity contribution in [2.24, 2.45) is 0 Å². The largest absolute Gasteiger partial charge is 0.346 e. The van der Waals surface area contributed by atoms with Crippen molar-refractivity contribution in [3.63, 3.8) is 0 Å². The van der Waals surface area contributed by atoms with Gasteiger partial charge in [0.05, 0.1) is 11.7 Å². The highest BCUT2D eigenvalue weighted by atomic mass is 16.2. The predicted octanol–water partition coefficient (Wildman–Crippen LogP) is 1.86. The minimum atomic E-state index is -0.748. The molecule has 3 rings (SSSR count). The summed E-state index contributed by atoms with van der Waals surface area (Å²) in [4.78, 5) is 44.6. The van der Waals surface area contributed by atoms with Crippen LogP contribution in [0.1, 0.15) is 50.8 Å². The molecule has 1 aromatic rings. The predicted molar refractivity (Wildman–Crippen MR) is 91.5 cm³/mol. The molecule has 1 aromatic heterocycles. The Bertz CT molecular complexity index is 670. The molecule has 2 aliphatic rings. The van der Waals surface area contributed by atoms with Crippen LogP contribution in [0.4, 0.5) is 4.79 Å². The monoisotopic (exact) mass is 344 g/mol. The zero-order valence-electron chi connectivity index (χ0n) is 14.7. The van der Waals surface area contributed by atoms with E-state index in [1.54, 1.807) is 19.3 Å². The van der Waals surface area contributed by atoms with Gasteiger partial charge in [0.15, 0.2) is 0 Å². The van der Waals surface area contributed by atoms with E-state index in [9.17, 15) is 14.4 Å². The average molecular weight is 344 g/mol. The van der Waals surface area contributed by atoms with E-state index in [-0.39, 0.29) is 30.4 Å². The smallest absolute Gasteiger partial charge is 0.327 e. The van der Waals surface area contributed by atoms with Crippen molar-refractivity contribution in [2.45, 2.75) is 50.6 Å². The van der Waals surface area contributed by atoms with Crippen molar-refractivity contribution < 1.29 is 14.4 Å². The molecule has 1 saturated heterocycles. The van der Waals surface area contributed by atoms with Gasteiger partial charge < -0.3 is 10.2 Å². The number of aromatic nitrogens is 1. The molecule has 1 aliphatic carbocycles. The van der Waals surface area contributed by atoms with Crippen molar-refractivity contribution in [3.8, 4) is 0 Å². The molecule has 0 aromatic carbocycles. The molecular weight excluding hydrogens is 320 g/mol. The molecule has 7 nitrogen and oxygen atoms in total. The molecule has 1 atom stereocenters. The molecule has 7 heteroatoms. The van der Waals surface area contributed by atoms with Crippen LogP contribution in [0, 0.1) is 0 Å². The second-order valence-corrected chi connectivity index (χ2v) is 6.87. The van der Waals surface area contributed by atoms with E-state index in [1.807, 2.05) is 19.1 Å². The van der Waals surface area contributed by atoms with E-state index in [1.165, 1.54) is 4.90 Å². The van der Waals surface area contributed by atoms with E-state index >= 15 is 0 Å². The van der Waals surface area contributed by atoms with Crippen LogP contribution in [0.15, 0.2) is 24.4 Å². The molecule has 2 fully saturated rings. The van der Waals surface area contributed by atoms with Crippen LogP contribution in [0.5, 0.6) is 0 Å². The van der Waals surface area contributed by atoms with Gasteiger partial charge in [0.1, 0.15) is 12.1 Å². The van der Waals surface area contributed by atoms with Gasteiger partial charge in [0.25, 0.3) is 5.91 Å². The summed E-state index contributed by atoms with van der Waals surface area (Å²) < 4.78 is 0. The maximum atomic E-state index is 12.9. The first-order valence-corrected chi connectivity index (χ1v) is 8.76. The highest BCUT2D eigenvalue weighted by molar-refractivity contribution is 6.08. The Kier molecular flexibility index (Phi) is 4.74. The number of imide groups is 1. The van der Waals surface area contributed by atoms with Gasteiger partial charge in [0.2, 0.25) is 5.91 Å². The number of rotatable bonds is 4. The van der Waals surface area contributed by atoms with Crippen LogP contribution in [-0.2, 0) is 9.59 Å². The topological polar surface area (TPSA) is 82.6 Å². The lowest BCUT2D eigenvalue weighted by Gasteiger charge is -2.35. The Labute approximate surface area is 147 Å². The van der Waals surface area contributed by atoms with Gasteiger partial charge in [0, 0.05) is 13.2 Å². The fourth-order valence-electron chi connectivity index (χ4n) is 3.81. The van der Waals surface area contributed by atoms with Crippen molar-refractivity contribution in [1.29, 1.82) is 0 Å². The first-order chi connectivity index (χ1) is 12.0. The van der Waals surface area contributed by atoms with Gasteiger partial charge >= 0.3 is 6.03 Å². The molecule has 25 heavy (non-hydrogen) atoms. The number of hydrogen-bond acceptors (Lipinski definition) is 4. The number of likely N-dealkylation sites (N-methyl/N-ethyl adjacent to an activating group) is 1. The van der Waals surface area contributed by atoms with Crippen LogP contribution < -0.4 is 5.32 Å². The lowest BCUT2D eigenvalue weighted by atomic mass is 9.81. The fourth-order valence-corrected chi connectivity index (χ4v) is 3.81. The number of urea groups is 1. The summed E-state index contributed by atoms with van der Waals surface area (Å²) in [5.41, 5.74) is -0.0156. The van der Waals surface area contributed by atoms with Crippen molar-refractivity contribution in [1.82, 2.24) is 20.1 Å². The summed E-state index contributed by atoms with van der Waals surface area (Å²) >= 11 is 0. The Balaban J connectivity index is 1.67. The van der Waals surface area contributed by atoms with Gasteiger partial charge in [-0.1, -0.05) is 25.3 Å². The zero-order valence-corrected chi connectivity index (χ0v) is 14.7. The van der Waals surface area contributed by atoms with Crippen molar-refractivity contribution >= 4 is 17.8 Å². The van der Waals surface area contributed by atoms with Crippen molar-refractivity contribution in [2.75, 3.05) is 13.6 Å². The van der Waals surface area contributed by atoms with Crippen LogP contribution in [0.25, 0.3) is 0 Å². The van der Waals surface area contributed by atoms with Crippen molar-refractivity contribution in [3.05, 3.63) is 30.1 Å². The molecule has 2 heterocycles. The summed E-state index contributed by atoms with van der Waals surface area (Å²) in [6, 6.07) is 4.80. The lowest BCUT2D eigenvalue weighted by Crippen LogP contribution is -2.49. The zero-order chi connectivity index (χ0) is 18.0. The molecule has 1 spiro atoms.